The van der Waals surface area contributed by atoms with Gasteiger partial charge in [0.15, 0.2) is 0 Å². The summed E-state index contributed by atoms with van der Waals surface area (Å²) in [5.41, 5.74) is 1.78. The highest BCUT2D eigenvalue weighted by Gasteiger charge is 2.26. The molecule has 1 aromatic heterocycles. The van der Waals surface area contributed by atoms with E-state index in [2.05, 4.69) is 5.32 Å². The summed E-state index contributed by atoms with van der Waals surface area (Å²) in [6.45, 7) is 1.96. The largest absolute Gasteiger partial charge is 0.347 e. The minimum Gasteiger partial charge on any atom is -0.347 e. The van der Waals surface area contributed by atoms with Gasteiger partial charge in [-0.15, -0.1) is 11.3 Å². The zero-order valence-electron chi connectivity index (χ0n) is 15.6. The lowest BCUT2D eigenvalue weighted by molar-refractivity contribution is 0.0955. The number of anilines is 1. The van der Waals surface area contributed by atoms with E-state index in [0.717, 1.165) is 21.2 Å². The number of nitrogens with zero attached hydrogens (tertiary/aromatic N) is 1. The summed E-state index contributed by atoms with van der Waals surface area (Å²) in [5.74, 6) is -0.907. The van der Waals surface area contributed by atoms with Gasteiger partial charge in [-0.05, 0) is 48.2 Å². The molecule has 9 heteroatoms. The number of sulfonamides is 1. The molecule has 3 aromatic rings. The van der Waals surface area contributed by atoms with Crippen LogP contribution in [0.15, 0.2) is 58.8 Å². The summed E-state index contributed by atoms with van der Waals surface area (Å²) in [6, 6.07) is 12.0. The minimum atomic E-state index is -3.82. The highest BCUT2D eigenvalue weighted by atomic mass is 35.5. The number of nitrogens with one attached hydrogen (secondary N) is 1. The number of benzene rings is 2. The maximum absolute atomic E-state index is 13.2. The molecule has 0 bridgehead atoms. The predicted molar refractivity (Wildman–Crippen MR) is 114 cm³/mol. The fourth-order valence-corrected chi connectivity index (χ4v) is 4.98. The Morgan fingerprint density at radius 1 is 1.17 bits per heavy atom. The van der Waals surface area contributed by atoms with Crippen LogP contribution in [0.1, 0.15) is 20.8 Å². The zero-order chi connectivity index (χ0) is 21.2. The van der Waals surface area contributed by atoms with E-state index in [1.807, 2.05) is 6.92 Å². The van der Waals surface area contributed by atoms with Crippen LogP contribution in [-0.4, -0.2) is 21.4 Å². The molecule has 0 aliphatic carbocycles. The van der Waals surface area contributed by atoms with Gasteiger partial charge < -0.3 is 5.32 Å². The van der Waals surface area contributed by atoms with Crippen molar-refractivity contribution < 1.29 is 17.6 Å². The third-order valence-corrected chi connectivity index (χ3v) is 7.36. The molecule has 0 aliphatic heterocycles. The lowest BCUT2D eigenvalue weighted by Crippen LogP contribution is -2.29. The van der Waals surface area contributed by atoms with E-state index in [0.29, 0.717) is 5.56 Å². The highest BCUT2D eigenvalue weighted by molar-refractivity contribution is 7.92. The Bertz CT molecular complexity index is 1140. The van der Waals surface area contributed by atoms with Crippen molar-refractivity contribution in [3.8, 4) is 0 Å². The second-order valence-corrected chi connectivity index (χ2v) is 9.63. The molecule has 29 heavy (non-hydrogen) atoms. The molecular weight excluding hydrogens is 435 g/mol. The number of halogens is 2. The Labute approximate surface area is 177 Å². The fraction of sp³-hybridized carbons (Fsp3) is 0.150. The molecule has 0 radical (unpaired) electrons. The van der Waals surface area contributed by atoms with Gasteiger partial charge in [-0.3, -0.25) is 9.10 Å². The molecule has 5 nitrogen and oxygen atoms in total. The van der Waals surface area contributed by atoms with E-state index in [9.17, 15) is 17.6 Å². The number of thiophene rings is 1. The summed E-state index contributed by atoms with van der Waals surface area (Å²) in [5, 5.41) is 4.55. The molecule has 1 heterocycles. The van der Waals surface area contributed by atoms with Crippen LogP contribution in [0.5, 0.6) is 0 Å². The number of hydrogen-bond donors (Lipinski definition) is 1. The van der Waals surface area contributed by atoms with Crippen molar-refractivity contribution in [2.75, 3.05) is 11.4 Å². The summed E-state index contributed by atoms with van der Waals surface area (Å²) < 4.78 is 40.1. The van der Waals surface area contributed by atoms with Crippen molar-refractivity contribution in [3.63, 3.8) is 0 Å². The van der Waals surface area contributed by atoms with E-state index in [1.54, 1.807) is 23.6 Å². The first-order valence-corrected chi connectivity index (χ1v) is 11.2. The highest BCUT2D eigenvalue weighted by Crippen LogP contribution is 2.30. The van der Waals surface area contributed by atoms with Crippen LogP contribution in [0, 0.1) is 12.7 Å². The molecule has 3 rings (SSSR count). The van der Waals surface area contributed by atoms with Gasteiger partial charge in [-0.1, -0.05) is 35.4 Å². The van der Waals surface area contributed by atoms with Crippen LogP contribution in [0.4, 0.5) is 10.1 Å². The number of amides is 1. The van der Waals surface area contributed by atoms with Crippen molar-refractivity contribution in [1.29, 1.82) is 0 Å². The molecule has 0 unspecified atom stereocenters. The standard InChI is InChI=1S/C20H18ClFN2O3S2/c1-13-3-7-16(8-4-13)29(26,27)24(2)18-9-10-28-19(18)20(25)23-12-14-5-6-15(22)11-17(14)21/h3-11H,12H2,1-2H3,(H,23,25). The number of carbonyl (C=O) groups excluding carboxylic acids is 1. The van der Waals surface area contributed by atoms with Gasteiger partial charge in [-0.2, -0.15) is 0 Å². The zero-order valence-corrected chi connectivity index (χ0v) is 18.0. The van der Waals surface area contributed by atoms with Gasteiger partial charge in [0.25, 0.3) is 15.9 Å². The van der Waals surface area contributed by atoms with E-state index < -0.39 is 21.7 Å². The average Bonchev–Trinajstić information content (AvgIpc) is 3.16. The maximum atomic E-state index is 13.2. The first-order valence-electron chi connectivity index (χ1n) is 8.55. The van der Waals surface area contributed by atoms with E-state index in [4.69, 9.17) is 11.6 Å². The third kappa shape index (κ3) is 4.60. The lowest BCUT2D eigenvalue weighted by atomic mass is 10.2. The molecule has 0 aliphatic rings. The summed E-state index contributed by atoms with van der Waals surface area (Å²) in [4.78, 5) is 13.0. The molecule has 0 saturated carbocycles. The smallest absolute Gasteiger partial charge is 0.264 e. The minimum absolute atomic E-state index is 0.0870. The lowest BCUT2D eigenvalue weighted by Gasteiger charge is -2.20. The van der Waals surface area contributed by atoms with Crippen molar-refractivity contribution in [3.05, 3.63) is 80.8 Å². The summed E-state index contributed by atoms with van der Waals surface area (Å²) in [6.07, 6.45) is 0. The van der Waals surface area contributed by atoms with Crippen LogP contribution >= 0.6 is 22.9 Å². The molecule has 1 N–H and O–H groups in total. The van der Waals surface area contributed by atoms with Crippen LogP contribution in [0.3, 0.4) is 0 Å². The molecule has 0 atom stereocenters. The first-order chi connectivity index (χ1) is 13.7. The fourth-order valence-electron chi connectivity index (χ4n) is 2.64. The number of aryl methyl sites for hydroxylation is 1. The summed E-state index contributed by atoms with van der Waals surface area (Å²) in [7, 11) is -2.41. The second kappa shape index (κ2) is 8.52. The monoisotopic (exact) mass is 452 g/mol. The van der Waals surface area contributed by atoms with Crippen molar-refractivity contribution >= 4 is 44.6 Å². The Hall–Kier alpha value is -2.42. The third-order valence-electron chi connectivity index (χ3n) is 4.32. The molecular formula is C20H18ClFN2O3S2. The first kappa shape index (κ1) is 21.3. The van der Waals surface area contributed by atoms with Crippen molar-refractivity contribution in [2.45, 2.75) is 18.4 Å². The Morgan fingerprint density at radius 2 is 1.86 bits per heavy atom. The molecule has 0 spiro atoms. The van der Waals surface area contributed by atoms with E-state index in [1.165, 1.54) is 37.4 Å². The van der Waals surface area contributed by atoms with E-state index in [-0.39, 0.29) is 27.0 Å². The normalized spacial score (nSPS) is 11.3. The van der Waals surface area contributed by atoms with Crippen LogP contribution in [0.2, 0.25) is 5.02 Å². The Morgan fingerprint density at radius 3 is 2.52 bits per heavy atom. The average molecular weight is 453 g/mol. The summed E-state index contributed by atoms with van der Waals surface area (Å²) >= 11 is 7.11. The topological polar surface area (TPSA) is 66.5 Å². The van der Waals surface area contributed by atoms with Crippen molar-refractivity contribution in [1.82, 2.24) is 5.32 Å². The maximum Gasteiger partial charge on any atom is 0.264 e. The van der Waals surface area contributed by atoms with Gasteiger partial charge in [0.2, 0.25) is 0 Å². The number of rotatable bonds is 6. The van der Waals surface area contributed by atoms with Crippen LogP contribution in [-0.2, 0) is 16.6 Å². The van der Waals surface area contributed by atoms with Crippen LogP contribution < -0.4 is 9.62 Å². The molecule has 0 saturated heterocycles. The quantitative estimate of drug-likeness (QED) is 0.594. The Balaban J connectivity index is 1.80. The molecule has 152 valence electrons. The molecule has 2 aromatic carbocycles. The van der Waals surface area contributed by atoms with Crippen LogP contribution in [0.25, 0.3) is 0 Å². The van der Waals surface area contributed by atoms with Gasteiger partial charge in [0.05, 0.1) is 10.6 Å². The SMILES string of the molecule is Cc1ccc(S(=O)(=O)N(C)c2ccsc2C(=O)NCc2ccc(F)cc2Cl)cc1. The number of hydrogen-bond acceptors (Lipinski definition) is 4. The van der Waals surface area contributed by atoms with E-state index >= 15 is 0 Å². The molecule has 0 fully saturated rings. The van der Waals surface area contributed by atoms with Gasteiger partial charge in [0.1, 0.15) is 10.7 Å². The molecule has 1 amide bonds. The van der Waals surface area contributed by atoms with Gasteiger partial charge in [-0.25, -0.2) is 12.8 Å². The predicted octanol–water partition coefficient (Wildman–Crippen LogP) is 4.60. The number of carbonyl (C=O) groups is 1. The van der Waals surface area contributed by atoms with Gasteiger partial charge in [0, 0.05) is 18.6 Å². The Kier molecular flexibility index (Phi) is 6.26. The second-order valence-electron chi connectivity index (χ2n) is 6.34. The van der Waals surface area contributed by atoms with Gasteiger partial charge >= 0.3 is 0 Å². The van der Waals surface area contributed by atoms with Crippen molar-refractivity contribution in [2.24, 2.45) is 0 Å².